The molecule has 6 aromatic carbocycles. The van der Waals surface area contributed by atoms with Crippen molar-refractivity contribution < 1.29 is 39.9 Å². The molecule has 0 saturated heterocycles. The number of hydrogen-bond donors (Lipinski definition) is 0. The van der Waals surface area contributed by atoms with E-state index in [2.05, 4.69) is 166 Å². The maximum atomic E-state index is 4.56. The molecule has 6 aromatic rings. The Morgan fingerprint density at radius 3 is 1.10 bits per heavy atom. The van der Waals surface area contributed by atoms with Gasteiger partial charge < -0.3 is 4.65 Å². The number of fused-ring (bicyclic) bond motifs is 2. The number of rotatable bonds is 4. The predicted octanol–water partition coefficient (Wildman–Crippen LogP) is 10.4. The summed E-state index contributed by atoms with van der Waals surface area (Å²) in [5.74, 6) is 0. The van der Waals surface area contributed by atoms with Crippen LogP contribution in [0.2, 0.25) is 26.2 Å². The standard InChI is InChI=1S/2C16H13.C4H14NSi2.Gd/c2*1-12-15-10-6-5-9-14(15)11-16(12)13-7-3-2-4-8-13;1-6(2)5-7(3)4;/h2*2-11H,1H3;6-7H,1-4H3;/q3*-1;+3. The Morgan fingerprint density at radius 2 is 0.800 bits per heavy atom. The fraction of sp³-hybridized carbons (Fsp3) is 0.167. The number of aryl methyl sites for hydroxylation is 2. The van der Waals surface area contributed by atoms with Crippen molar-refractivity contribution in [1.29, 1.82) is 0 Å². The van der Waals surface area contributed by atoms with Crippen LogP contribution >= 0.6 is 0 Å². The Balaban J connectivity index is 0.000000177. The SMILES string of the molecule is C[SiH](C)[N-][SiH](C)C.Cc1c(-c2ccccc2)[cH-]c2ccccc12.Cc1c(-c2ccccc2)[cH-]c2ccccc12.[Gd+3]. The van der Waals surface area contributed by atoms with Crippen molar-refractivity contribution in [2.45, 2.75) is 40.0 Å². The molecule has 40 heavy (non-hydrogen) atoms. The van der Waals surface area contributed by atoms with Crippen LogP contribution in [0.15, 0.2) is 121 Å². The summed E-state index contributed by atoms with van der Waals surface area (Å²) >= 11 is 0. The maximum Gasteiger partial charge on any atom is 3.00 e. The molecule has 0 aliphatic carbocycles. The van der Waals surface area contributed by atoms with E-state index >= 15 is 0 Å². The molecule has 1 nitrogen and oxygen atoms in total. The zero-order valence-corrected chi connectivity index (χ0v) is 29.1. The average molecular weight is 700 g/mol. The summed E-state index contributed by atoms with van der Waals surface area (Å²) in [7, 11) is -1.08. The van der Waals surface area contributed by atoms with E-state index in [9.17, 15) is 0 Å². The van der Waals surface area contributed by atoms with Crippen LogP contribution in [0.5, 0.6) is 0 Å². The van der Waals surface area contributed by atoms with Gasteiger partial charge in [-0.25, -0.2) is 0 Å². The van der Waals surface area contributed by atoms with Gasteiger partial charge >= 0.3 is 39.9 Å². The largest absolute Gasteiger partial charge is 3.00 e. The van der Waals surface area contributed by atoms with Gasteiger partial charge in [0.15, 0.2) is 0 Å². The van der Waals surface area contributed by atoms with Crippen molar-refractivity contribution in [2.75, 3.05) is 0 Å². The average Bonchev–Trinajstić information content (AvgIpc) is 3.47. The molecular formula is C36H40GdNSi2. The summed E-state index contributed by atoms with van der Waals surface area (Å²) in [5, 5.41) is 5.39. The van der Waals surface area contributed by atoms with E-state index < -0.39 is 17.9 Å². The molecule has 0 atom stereocenters. The zero-order valence-electron chi connectivity index (χ0n) is 24.5. The second-order valence-electron chi connectivity index (χ2n) is 10.6. The molecule has 0 N–H and O–H groups in total. The molecule has 0 bridgehead atoms. The number of benzene rings is 4. The van der Waals surface area contributed by atoms with E-state index in [0.29, 0.717) is 0 Å². The van der Waals surface area contributed by atoms with Gasteiger partial charge in [-0.1, -0.05) is 166 Å². The smallest absolute Gasteiger partial charge is 0.672 e. The molecule has 0 heterocycles. The van der Waals surface area contributed by atoms with Gasteiger partial charge in [-0.3, -0.25) is 0 Å². The Labute approximate surface area is 276 Å². The summed E-state index contributed by atoms with van der Waals surface area (Å²) in [6.07, 6.45) is 0. The van der Waals surface area contributed by atoms with Crippen molar-refractivity contribution >= 4 is 39.5 Å². The molecule has 0 aromatic heterocycles. The minimum Gasteiger partial charge on any atom is -0.672 e. The van der Waals surface area contributed by atoms with Crippen LogP contribution in [0.1, 0.15) is 11.1 Å². The summed E-state index contributed by atoms with van der Waals surface area (Å²) in [6.45, 7) is 13.5. The Hall–Kier alpha value is -2.18. The first-order valence-corrected chi connectivity index (χ1v) is 19.6. The predicted molar refractivity (Wildman–Crippen MR) is 181 cm³/mol. The van der Waals surface area contributed by atoms with Gasteiger partial charge in [0.1, 0.15) is 0 Å². The van der Waals surface area contributed by atoms with Crippen LogP contribution in [0.25, 0.3) is 48.4 Å². The summed E-state index contributed by atoms with van der Waals surface area (Å²) in [4.78, 5) is 0. The van der Waals surface area contributed by atoms with Gasteiger partial charge in [0.05, 0.1) is 0 Å². The van der Waals surface area contributed by atoms with Crippen molar-refractivity contribution in [3.05, 3.63) is 137 Å². The van der Waals surface area contributed by atoms with Gasteiger partial charge in [-0.05, 0) is 0 Å². The van der Waals surface area contributed by atoms with Crippen LogP contribution in [0.3, 0.4) is 0 Å². The van der Waals surface area contributed by atoms with Crippen LogP contribution in [-0.2, 0) is 0 Å². The molecule has 1 radical (unpaired) electrons. The summed E-state index contributed by atoms with van der Waals surface area (Å²) in [6, 6.07) is 42.8. The summed E-state index contributed by atoms with van der Waals surface area (Å²) in [5.41, 5.74) is 8.06. The minimum atomic E-state index is -0.542. The fourth-order valence-electron chi connectivity index (χ4n) is 5.18. The summed E-state index contributed by atoms with van der Waals surface area (Å²) < 4.78 is 4.56. The normalized spacial score (nSPS) is 10.6. The molecule has 4 heteroatoms. The van der Waals surface area contributed by atoms with E-state index in [1.807, 2.05) is 0 Å². The zero-order chi connectivity index (χ0) is 27.8. The van der Waals surface area contributed by atoms with Crippen molar-refractivity contribution in [3.8, 4) is 22.3 Å². The minimum absolute atomic E-state index is 0. The van der Waals surface area contributed by atoms with Crippen LogP contribution in [0.4, 0.5) is 0 Å². The molecule has 0 amide bonds. The van der Waals surface area contributed by atoms with Crippen LogP contribution < -0.4 is 0 Å². The van der Waals surface area contributed by atoms with E-state index in [1.165, 1.54) is 54.9 Å². The quantitative estimate of drug-likeness (QED) is 0.128. The third kappa shape index (κ3) is 8.42. The van der Waals surface area contributed by atoms with E-state index in [-0.39, 0.29) is 39.9 Å². The molecule has 0 saturated carbocycles. The third-order valence-corrected chi connectivity index (χ3v) is 11.7. The molecule has 0 fully saturated rings. The first kappa shape index (κ1) is 32.3. The molecular weight excluding hydrogens is 660 g/mol. The second kappa shape index (κ2) is 15.7. The molecule has 205 valence electrons. The van der Waals surface area contributed by atoms with Gasteiger partial charge in [0.25, 0.3) is 0 Å². The van der Waals surface area contributed by atoms with Crippen LogP contribution in [0, 0.1) is 53.8 Å². The van der Waals surface area contributed by atoms with Gasteiger partial charge in [0.2, 0.25) is 0 Å². The topological polar surface area (TPSA) is 14.1 Å². The van der Waals surface area contributed by atoms with Gasteiger partial charge in [0, 0.05) is 0 Å². The van der Waals surface area contributed by atoms with Gasteiger partial charge in [-0.2, -0.15) is 0 Å². The Morgan fingerprint density at radius 1 is 0.475 bits per heavy atom. The van der Waals surface area contributed by atoms with Crippen molar-refractivity contribution in [2.24, 2.45) is 0 Å². The monoisotopic (exact) mass is 700 g/mol. The van der Waals surface area contributed by atoms with Crippen LogP contribution in [-0.4, -0.2) is 17.9 Å². The molecule has 0 spiro atoms. The Bertz CT molecular complexity index is 1480. The first-order chi connectivity index (χ1) is 18.8. The first-order valence-electron chi connectivity index (χ1n) is 14.0. The van der Waals surface area contributed by atoms with E-state index in [4.69, 9.17) is 0 Å². The maximum absolute atomic E-state index is 4.56. The molecule has 0 unspecified atom stereocenters. The number of hydrogen-bond acceptors (Lipinski definition) is 0. The third-order valence-electron chi connectivity index (χ3n) is 6.90. The molecule has 0 aliphatic heterocycles. The molecule has 6 rings (SSSR count). The van der Waals surface area contributed by atoms with Gasteiger partial charge in [-0.15, -0.1) is 68.1 Å². The van der Waals surface area contributed by atoms with E-state index in [1.54, 1.807) is 0 Å². The fourth-order valence-corrected chi connectivity index (χ4v) is 9.95. The molecule has 0 aliphatic rings. The number of nitrogens with zero attached hydrogens (tertiary/aromatic N) is 1. The van der Waals surface area contributed by atoms with Crippen molar-refractivity contribution in [3.63, 3.8) is 0 Å². The van der Waals surface area contributed by atoms with Crippen molar-refractivity contribution in [1.82, 2.24) is 0 Å². The Kier molecular flexibility index (Phi) is 12.7. The van der Waals surface area contributed by atoms with E-state index in [0.717, 1.165) is 0 Å². The second-order valence-corrected chi connectivity index (χ2v) is 16.2.